The topological polar surface area (TPSA) is 36.4 Å². The Morgan fingerprint density at radius 1 is 1.43 bits per heavy atom. The van der Waals surface area contributed by atoms with Gasteiger partial charge in [-0.3, -0.25) is 14.8 Å². The minimum atomic E-state index is 0. The van der Waals surface area contributed by atoms with E-state index in [2.05, 4.69) is 4.98 Å². The average molecular weight is 216 g/mol. The minimum absolute atomic E-state index is 0. The number of hydrogen-bond donors (Lipinski definition) is 0. The molecule has 1 heterocycles. The highest BCUT2D eigenvalue weighted by molar-refractivity contribution is 5.85. The third kappa shape index (κ3) is 2.60. The van der Waals surface area contributed by atoms with E-state index < -0.39 is 0 Å². The molecule has 0 aliphatic heterocycles. The SMILES string of the molecule is Cc1cccnc1N(C)N(C)C=O.Cl. The monoisotopic (exact) mass is 215 g/mol. The molecule has 1 aromatic rings. The normalized spacial score (nSPS) is 8.79. The molecule has 5 heteroatoms. The smallest absolute Gasteiger partial charge is 0.228 e. The molecule has 0 atom stereocenters. The molecule has 1 aromatic heterocycles. The molecule has 0 N–H and O–H groups in total. The third-order valence-electron chi connectivity index (χ3n) is 1.91. The molecule has 0 saturated carbocycles. The molecule has 1 amide bonds. The molecule has 0 fully saturated rings. The lowest BCUT2D eigenvalue weighted by Crippen LogP contribution is -2.36. The molecule has 0 saturated heterocycles. The fraction of sp³-hybridized carbons (Fsp3) is 0.333. The lowest BCUT2D eigenvalue weighted by atomic mass is 10.3. The van der Waals surface area contributed by atoms with Crippen molar-refractivity contribution in [2.75, 3.05) is 19.1 Å². The second-order valence-electron chi connectivity index (χ2n) is 2.85. The first kappa shape index (κ1) is 12.7. The number of halogens is 1. The van der Waals surface area contributed by atoms with Crippen molar-refractivity contribution in [3.8, 4) is 0 Å². The first-order valence-corrected chi connectivity index (χ1v) is 4.00. The van der Waals surface area contributed by atoms with E-state index in [0.717, 1.165) is 17.8 Å². The number of carbonyl (C=O) groups is 1. The second-order valence-corrected chi connectivity index (χ2v) is 2.85. The van der Waals surface area contributed by atoms with Crippen molar-refractivity contribution in [2.45, 2.75) is 6.92 Å². The summed E-state index contributed by atoms with van der Waals surface area (Å²) in [5.41, 5.74) is 1.04. The Kier molecular flexibility index (Phi) is 4.94. The number of carbonyl (C=O) groups excluding carboxylic acids is 1. The Morgan fingerprint density at radius 3 is 2.57 bits per heavy atom. The van der Waals surface area contributed by atoms with E-state index in [-0.39, 0.29) is 12.4 Å². The van der Waals surface area contributed by atoms with Crippen LogP contribution < -0.4 is 5.01 Å². The van der Waals surface area contributed by atoms with Crippen molar-refractivity contribution in [1.29, 1.82) is 0 Å². The van der Waals surface area contributed by atoms with E-state index in [0.29, 0.717) is 0 Å². The van der Waals surface area contributed by atoms with Gasteiger partial charge in [0.2, 0.25) is 6.41 Å². The van der Waals surface area contributed by atoms with Crippen molar-refractivity contribution in [1.82, 2.24) is 9.99 Å². The number of hydrogen-bond acceptors (Lipinski definition) is 3. The van der Waals surface area contributed by atoms with Crippen LogP contribution in [0.5, 0.6) is 0 Å². The predicted octanol–water partition coefficient (Wildman–Crippen LogP) is 1.25. The summed E-state index contributed by atoms with van der Waals surface area (Å²) in [6.45, 7) is 1.96. The highest BCUT2D eigenvalue weighted by Gasteiger charge is 2.07. The van der Waals surface area contributed by atoms with Gasteiger partial charge in [0.05, 0.1) is 0 Å². The molecule has 0 aliphatic rings. The first-order valence-electron chi connectivity index (χ1n) is 4.00. The zero-order valence-corrected chi connectivity index (χ0v) is 9.28. The Labute approximate surface area is 89.9 Å². The Hall–Kier alpha value is -1.29. The fourth-order valence-corrected chi connectivity index (χ4v) is 1.04. The van der Waals surface area contributed by atoms with Gasteiger partial charge in [0.15, 0.2) is 0 Å². The average Bonchev–Trinajstić information content (AvgIpc) is 2.16. The maximum Gasteiger partial charge on any atom is 0.228 e. The van der Waals surface area contributed by atoms with Crippen LogP contribution in [-0.2, 0) is 4.79 Å². The molecule has 78 valence electrons. The Balaban J connectivity index is 0.00000169. The van der Waals surface area contributed by atoms with Gasteiger partial charge >= 0.3 is 0 Å². The minimum Gasteiger partial charge on any atom is -0.277 e. The Bertz CT molecular complexity index is 306. The summed E-state index contributed by atoms with van der Waals surface area (Å²) in [5, 5.41) is 3.14. The van der Waals surface area contributed by atoms with Gasteiger partial charge in [0.1, 0.15) is 5.82 Å². The van der Waals surface area contributed by atoms with E-state index in [4.69, 9.17) is 0 Å². The van der Waals surface area contributed by atoms with Crippen LogP contribution in [0, 0.1) is 6.92 Å². The van der Waals surface area contributed by atoms with Crippen molar-refractivity contribution in [3.63, 3.8) is 0 Å². The van der Waals surface area contributed by atoms with Crippen LogP contribution in [0.4, 0.5) is 5.82 Å². The molecular formula is C9H14ClN3O. The molecule has 14 heavy (non-hydrogen) atoms. The summed E-state index contributed by atoms with van der Waals surface area (Å²) in [6, 6.07) is 3.82. The van der Waals surface area contributed by atoms with Crippen LogP contribution in [0.25, 0.3) is 0 Å². The molecule has 0 spiro atoms. The van der Waals surface area contributed by atoms with Gasteiger partial charge in [0.25, 0.3) is 0 Å². The second kappa shape index (κ2) is 5.44. The quantitative estimate of drug-likeness (QED) is 0.563. The highest BCUT2D eigenvalue weighted by atomic mass is 35.5. The summed E-state index contributed by atoms with van der Waals surface area (Å²) >= 11 is 0. The van der Waals surface area contributed by atoms with Gasteiger partial charge in [-0.1, -0.05) is 6.07 Å². The number of amides is 1. The van der Waals surface area contributed by atoms with Gasteiger partial charge in [-0.25, -0.2) is 4.98 Å². The maximum atomic E-state index is 10.5. The zero-order chi connectivity index (χ0) is 9.84. The molecule has 0 bridgehead atoms. The number of hydrazine groups is 1. The van der Waals surface area contributed by atoms with E-state index in [1.807, 2.05) is 19.1 Å². The van der Waals surface area contributed by atoms with Gasteiger partial charge in [0, 0.05) is 20.3 Å². The van der Waals surface area contributed by atoms with Crippen LogP contribution in [0.2, 0.25) is 0 Å². The van der Waals surface area contributed by atoms with Gasteiger partial charge in [-0.05, 0) is 18.6 Å². The van der Waals surface area contributed by atoms with Crippen LogP contribution in [-0.4, -0.2) is 30.5 Å². The van der Waals surface area contributed by atoms with Crippen LogP contribution in [0.3, 0.4) is 0 Å². The largest absolute Gasteiger partial charge is 0.277 e. The summed E-state index contributed by atoms with van der Waals surface area (Å²) in [5.74, 6) is 0.789. The number of pyridine rings is 1. The lowest BCUT2D eigenvalue weighted by Gasteiger charge is -2.26. The highest BCUT2D eigenvalue weighted by Crippen LogP contribution is 2.14. The summed E-state index contributed by atoms with van der Waals surface area (Å²) in [4.78, 5) is 14.7. The molecule has 1 rings (SSSR count). The van der Waals surface area contributed by atoms with E-state index in [1.54, 1.807) is 25.3 Å². The Morgan fingerprint density at radius 2 is 2.07 bits per heavy atom. The van der Waals surface area contributed by atoms with Crippen LogP contribution >= 0.6 is 12.4 Å². The summed E-state index contributed by atoms with van der Waals surface area (Å²) < 4.78 is 0. The number of rotatable bonds is 3. The van der Waals surface area contributed by atoms with E-state index >= 15 is 0 Å². The molecule has 0 aliphatic carbocycles. The first-order chi connectivity index (χ1) is 6.16. The third-order valence-corrected chi connectivity index (χ3v) is 1.91. The summed E-state index contributed by atoms with van der Waals surface area (Å²) in [6.07, 6.45) is 2.45. The lowest BCUT2D eigenvalue weighted by molar-refractivity contribution is -0.117. The molecule has 4 nitrogen and oxygen atoms in total. The van der Waals surface area contributed by atoms with Gasteiger partial charge < -0.3 is 0 Å². The number of nitrogens with zero attached hydrogens (tertiary/aromatic N) is 3. The molecule has 0 aromatic carbocycles. The maximum absolute atomic E-state index is 10.5. The van der Waals surface area contributed by atoms with Gasteiger partial charge in [-0.15, -0.1) is 12.4 Å². The van der Waals surface area contributed by atoms with E-state index in [9.17, 15) is 4.79 Å². The van der Waals surface area contributed by atoms with E-state index in [1.165, 1.54) is 5.01 Å². The number of aryl methyl sites for hydroxylation is 1. The van der Waals surface area contributed by atoms with Crippen molar-refractivity contribution in [2.24, 2.45) is 0 Å². The standard InChI is InChI=1S/C9H13N3O.ClH/c1-8-5-4-6-10-9(8)12(3)11(2)7-13;/h4-7H,1-3H3;1H. The molecule has 0 radical (unpaired) electrons. The van der Waals surface area contributed by atoms with Crippen LogP contribution in [0.1, 0.15) is 5.56 Å². The van der Waals surface area contributed by atoms with Crippen molar-refractivity contribution in [3.05, 3.63) is 23.9 Å². The van der Waals surface area contributed by atoms with Crippen LogP contribution in [0.15, 0.2) is 18.3 Å². The molecule has 0 unspecified atom stereocenters. The van der Waals surface area contributed by atoms with Crippen molar-refractivity contribution < 1.29 is 4.79 Å². The van der Waals surface area contributed by atoms with Crippen molar-refractivity contribution >= 4 is 24.6 Å². The number of anilines is 1. The summed E-state index contributed by atoms with van der Waals surface area (Å²) in [7, 11) is 3.48. The zero-order valence-electron chi connectivity index (χ0n) is 8.47. The molecular weight excluding hydrogens is 202 g/mol. The number of aromatic nitrogens is 1. The predicted molar refractivity (Wildman–Crippen MR) is 58.5 cm³/mol. The van der Waals surface area contributed by atoms with Gasteiger partial charge in [-0.2, -0.15) is 0 Å². The fourth-order valence-electron chi connectivity index (χ4n) is 1.04.